The van der Waals surface area contributed by atoms with Crippen LogP contribution < -0.4 is 5.32 Å². The van der Waals surface area contributed by atoms with Gasteiger partial charge in [0, 0.05) is 35.8 Å². The molecule has 24 heavy (non-hydrogen) atoms. The second kappa shape index (κ2) is 6.12. The Morgan fingerprint density at radius 3 is 2.46 bits per heavy atom. The van der Waals surface area contributed by atoms with Gasteiger partial charge in [-0.15, -0.1) is 0 Å². The molecule has 0 aliphatic carbocycles. The molecule has 2 heterocycles. The first kappa shape index (κ1) is 14.4. The van der Waals surface area contributed by atoms with Crippen molar-refractivity contribution in [1.29, 1.82) is 0 Å². The minimum absolute atomic E-state index is 0.699. The van der Waals surface area contributed by atoms with Crippen molar-refractivity contribution in [2.45, 2.75) is 13.5 Å². The number of H-pyrrole nitrogens is 1. The molecule has 0 amide bonds. The van der Waals surface area contributed by atoms with E-state index in [1.165, 1.54) is 0 Å². The van der Waals surface area contributed by atoms with Crippen molar-refractivity contribution in [3.05, 3.63) is 72.3 Å². The van der Waals surface area contributed by atoms with Gasteiger partial charge in [-0.2, -0.15) is 0 Å². The van der Waals surface area contributed by atoms with Crippen LogP contribution in [0.2, 0.25) is 0 Å². The quantitative estimate of drug-likeness (QED) is 0.598. The smallest absolute Gasteiger partial charge is 0.138 e. The lowest BCUT2D eigenvalue weighted by Crippen LogP contribution is -2.01. The van der Waals surface area contributed by atoms with E-state index in [-0.39, 0.29) is 0 Å². The zero-order chi connectivity index (χ0) is 16.4. The van der Waals surface area contributed by atoms with Gasteiger partial charge in [0.05, 0.1) is 11.0 Å². The Kier molecular flexibility index (Phi) is 3.67. The number of para-hydroxylation sites is 2. The maximum absolute atomic E-state index is 4.62. The highest BCUT2D eigenvalue weighted by Gasteiger charge is 2.04. The SMILES string of the molecule is Cc1ncc(CNc2ccc(-c3nc4ccccc4[nH]3)cc2)cn1. The first-order valence-corrected chi connectivity index (χ1v) is 7.84. The van der Waals surface area contributed by atoms with Gasteiger partial charge in [-0.05, 0) is 43.3 Å². The molecule has 0 bridgehead atoms. The maximum atomic E-state index is 4.62. The predicted octanol–water partition coefficient (Wildman–Crippen LogP) is 3.94. The van der Waals surface area contributed by atoms with E-state index >= 15 is 0 Å². The lowest BCUT2D eigenvalue weighted by molar-refractivity contribution is 0.994. The number of aryl methyl sites for hydroxylation is 1. The van der Waals surface area contributed by atoms with Gasteiger partial charge in [0.1, 0.15) is 11.6 Å². The molecule has 0 aliphatic heterocycles. The van der Waals surface area contributed by atoms with Crippen molar-refractivity contribution < 1.29 is 0 Å². The van der Waals surface area contributed by atoms with Crippen molar-refractivity contribution >= 4 is 16.7 Å². The van der Waals surface area contributed by atoms with Gasteiger partial charge in [-0.25, -0.2) is 15.0 Å². The van der Waals surface area contributed by atoms with E-state index in [2.05, 4.69) is 49.5 Å². The third-order valence-corrected chi connectivity index (χ3v) is 3.88. The number of fused-ring (bicyclic) bond motifs is 1. The van der Waals surface area contributed by atoms with Gasteiger partial charge in [0.2, 0.25) is 0 Å². The third kappa shape index (κ3) is 2.96. The minimum Gasteiger partial charge on any atom is -0.381 e. The summed E-state index contributed by atoms with van der Waals surface area (Å²) in [6, 6.07) is 16.3. The number of benzene rings is 2. The fourth-order valence-corrected chi connectivity index (χ4v) is 2.55. The van der Waals surface area contributed by atoms with Crippen molar-refractivity contribution in [3.8, 4) is 11.4 Å². The fourth-order valence-electron chi connectivity index (χ4n) is 2.55. The lowest BCUT2D eigenvalue weighted by Gasteiger charge is -2.07. The molecular formula is C19H17N5. The molecule has 0 spiro atoms. The highest BCUT2D eigenvalue weighted by Crippen LogP contribution is 2.22. The van der Waals surface area contributed by atoms with E-state index in [0.717, 1.165) is 39.5 Å². The molecule has 0 saturated heterocycles. The Morgan fingerprint density at radius 2 is 1.71 bits per heavy atom. The van der Waals surface area contributed by atoms with Gasteiger partial charge >= 0.3 is 0 Å². The number of nitrogens with zero attached hydrogens (tertiary/aromatic N) is 3. The van der Waals surface area contributed by atoms with Crippen LogP contribution in [0.3, 0.4) is 0 Å². The molecule has 0 atom stereocenters. The summed E-state index contributed by atoms with van der Waals surface area (Å²) >= 11 is 0. The van der Waals surface area contributed by atoms with E-state index in [9.17, 15) is 0 Å². The third-order valence-electron chi connectivity index (χ3n) is 3.88. The molecule has 0 saturated carbocycles. The summed E-state index contributed by atoms with van der Waals surface area (Å²) in [5.41, 5.74) is 5.20. The number of rotatable bonds is 4. The van der Waals surface area contributed by atoms with Crippen LogP contribution in [0.15, 0.2) is 60.9 Å². The number of nitrogens with one attached hydrogen (secondary N) is 2. The second-order valence-corrected chi connectivity index (χ2v) is 5.67. The summed E-state index contributed by atoms with van der Waals surface area (Å²) in [6.07, 6.45) is 3.69. The fraction of sp³-hybridized carbons (Fsp3) is 0.105. The van der Waals surface area contributed by atoms with Gasteiger partial charge < -0.3 is 10.3 Å². The van der Waals surface area contributed by atoms with Gasteiger partial charge in [0.15, 0.2) is 0 Å². The van der Waals surface area contributed by atoms with Gasteiger partial charge in [-0.3, -0.25) is 0 Å². The number of imidazole rings is 1. The molecule has 2 N–H and O–H groups in total. The molecular weight excluding hydrogens is 298 g/mol. The van der Waals surface area contributed by atoms with E-state index in [1.54, 1.807) is 0 Å². The van der Waals surface area contributed by atoms with E-state index in [1.807, 2.05) is 43.6 Å². The molecule has 118 valence electrons. The lowest BCUT2D eigenvalue weighted by atomic mass is 10.2. The first-order valence-electron chi connectivity index (χ1n) is 7.84. The van der Waals surface area contributed by atoms with Gasteiger partial charge in [0.25, 0.3) is 0 Å². The molecule has 0 aliphatic rings. The number of anilines is 1. The van der Waals surface area contributed by atoms with Crippen LogP contribution >= 0.6 is 0 Å². The molecule has 4 rings (SSSR count). The standard InChI is InChI=1S/C19H17N5/c1-13-20-10-14(11-21-13)12-22-16-8-6-15(7-9-16)19-23-17-4-2-3-5-18(17)24-19/h2-11,22H,12H2,1H3,(H,23,24). The Morgan fingerprint density at radius 1 is 0.958 bits per heavy atom. The van der Waals surface area contributed by atoms with Crippen molar-refractivity contribution in [2.24, 2.45) is 0 Å². The summed E-state index contributed by atoms with van der Waals surface area (Å²) in [7, 11) is 0. The molecule has 0 unspecified atom stereocenters. The molecule has 2 aromatic carbocycles. The summed E-state index contributed by atoms with van der Waals surface area (Å²) in [6.45, 7) is 2.58. The van der Waals surface area contributed by atoms with Gasteiger partial charge in [-0.1, -0.05) is 12.1 Å². The van der Waals surface area contributed by atoms with E-state index in [4.69, 9.17) is 0 Å². The van der Waals surface area contributed by atoms with E-state index in [0.29, 0.717) is 6.54 Å². The first-order chi connectivity index (χ1) is 11.8. The van der Waals surface area contributed by atoms with Crippen LogP contribution in [0, 0.1) is 6.92 Å². The number of hydrogen-bond donors (Lipinski definition) is 2. The molecule has 2 aromatic heterocycles. The predicted molar refractivity (Wildman–Crippen MR) is 95.6 cm³/mol. The second-order valence-electron chi connectivity index (χ2n) is 5.67. The Balaban J connectivity index is 1.48. The topological polar surface area (TPSA) is 66.5 Å². The summed E-state index contributed by atoms with van der Waals surface area (Å²) < 4.78 is 0. The average Bonchev–Trinajstić information content (AvgIpc) is 3.06. The summed E-state index contributed by atoms with van der Waals surface area (Å²) in [4.78, 5) is 16.4. The van der Waals surface area contributed by atoms with Crippen molar-refractivity contribution in [1.82, 2.24) is 19.9 Å². The van der Waals surface area contributed by atoms with Crippen LogP contribution in [0.5, 0.6) is 0 Å². The van der Waals surface area contributed by atoms with Crippen molar-refractivity contribution in [2.75, 3.05) is 5.32 Å². The van der Waals surface area contributed by atoms with Crippen LogP contribution in [0.1, 0.15) is 11.4 Å². The maximum Gasteiger partial charge on any atom is 0.138 e. The monoisotopic (exact) mass is 315 g/mol. The summed E-state index contributed by atoms with van der Waals surface area (Å²) in [5, 5.41) is 3.38. The average molecular weight is 315 g/mol. The number of hydrogen-bond acceptors (Lipinski definition) is 4. The van der Waals surface area contributed by atoms with Crippen LogP contribution in [0.25, 0.3) is 22.4 Å². The Bertz CT molecular complexity index is 922. The van der Waals surface area contributed by atoms with Crippen LogP contribution in [-0.2, 0) is 6.54 Å². The van der Waals surface area contributed by atoms with Crippen molar-refractivity contribution in [3.63, 3.8) is 0 Å². The molecule has 0 fully saturated rings. The molecule has 5 nitrogen and oxygen atoms in total. The molecule has 5 heteroatoms. The number of aromatic amines is 1. The minimum atomic E-state index is 0.699. The largest absolute Gasteiger partial charge is 0.381 e. The normalized spacial score (nSPS) is 10.9. The zero-order valence-corrected chi connectivity index (χ0v) is 13.3. The van der Waals surface area contributed by atoms with Crippen LogP contribution in [-0.4, -0.2) is 19.9 Å². The zero-order valence-electron chi connectivity index (χ0n) is 13.3. The molecule has 0 radical (unpaired) electrons. The summed E-state index contributed by atoms with van der Waals surface area (Å²) in [5.74, 6) is 1.67. The van der Waals surface area contributed by atoms with E-state index < -0.39 is 0 Å². The Hall–Kier alpha value is -3.21. The number of aromatic nitrogens is 4. The highest BCUT2D eigenvalue weighted by atomic mass is 14.9. The van der Waals surface area contributed by atoms with Crippen LogP contribution in [0.4, 0.5) is 5.69 Å². The Labute approximate surface area is 139 Å². The highest BCUT2D eigenvalue weighted by molar-refractivity contribution is 5.79. The molecule has 4 aromatic rings.